The molecule has 1 aliphatic rings. The molecule has 0 saturated carbocycles. The Kier molecular flexibility index (Phi) is 4.07. The molecule has 1 saturated heterocycles. The lowest BCUT2D eigenvalue weighted by Gasteiger charge is -2.59. The van der Waals surface area contributed by atoms with E-state index in [1.807, 2.05) is 0 Å². The molecule has 0 bridgehead atoms. The Hall–Kier alpha value is -1.64. The zero-order valence-corrected chi connectivity index (χ0v) is 13.7. The van der Waals surface area contributed by atoms with E-state index in [1.165, 1.54) is 11.1 Å². The van der Waals surface area contributed by atoms with Crippen molar-refractivity contribution >= 4 is 0 Å². The molecule has 0 amide bonds. The van der Waals surface area contributed by atoms with Crippen LogP contribution in [0.4, 0.5) is 0 Å². The Balaban J connectivity index is 2.06. The first-order valence-corrected chi connectivity index (χ1v) is 8.15. The fraction of sp³-hybridized carbons (Fsp3) is 0.400. The predicted molar refractivity (Wildman–Crippen MR) is 92.9 cm³/mol. The van der Waals surface area contributed by atoms with Crippen LogP contribution in [0.2, 0.25) is 0 Å². The van der Waals surface area contributed by atoms with Gasteiger partial charge in [0.1, 0.15) is 0 Å². The van der Waals surface area contributed by atoms with Gasteiger partial charge in [0.15, 0.2) is 0 Å². The highest BCUT2D eigenvalue weighted by Crippen LogP contribution is 2.42. The molecule has 0 aromatic heterocycles. The molecule has 2 heteroatoms. The third kappa shape index (κ3) is 2.69. The van der Waals surface area contributed by atoms with Gasteiger partial charge in [0.2, 0.25) is 0 Å². The molecule has 0 radical (unpaired) electrons. The van der Waals surface area contributed by atoms with Crippen molar-refractivity contribution in [2.24, 2.45) is 5.73 Å². The normalized spacial score (nSPS) is 25.5. The Morgan fingerprint density at radius 1 is 0.955 bits per heavy atom. The van der Waals surface area contributed by atoms with E-state index in [0.29, 0.717) is 18.0 Å². The maximum atomic E-state index is 6.63. The molecular formula is C20H26N2. The van der Waals surface area contributed by atoms with E-state index in [4.69, 9.17) is 5.73 Å². The number of hydrogen-bond donors (Lipinski definition) is 1. The molecular weight excluding hydrogens is 268 g/mol. The van der Waals surface area contributed by atoms with E-state index in [2.05, 4.69) is 86.3 Å². The van der Waals surface area contributed by atoms with Gasteiger partial charge in [-0.05, 0) is 31.9 Å². The van der Waals surface area contributed by atoms with Gasteiger partial charge in [0.05, 0.1) is 0 Å². The maximum absolute atomic E-state index is 6.63. The molecule has 2 aromatic carbocycles. The van der Waals surface area contributed by atoms with Gasteiger partial charge in [-0.1, -0.05) is 60.7 Å². The molecule has 2 N–H and O–H groups in total. The molecule has 22 heavy (non-hydrogen) atoms. The van der Waals surface area contributed by atoms with Crippen molar-refractivity contribution in [3.63, 3.8) is 0 Å². The molecule has 1 fully saturated rings. The van der Waals surface area contributed by atoms with Crippen molar-refractivity contribution in [3.8, 4) is 0 Å². The number of nitrogens with two attached hydrogens (primary N) is 1. The van der Waals surface area contributed by atoms with Gasteiger partial charge in [-0.25, -0.2) is 0 Å². The van der Waals surface area contributed by atoms with Crippen LogP contribution in [0.3, 0.4) is 0 Å². The van der Waals surface area contributed by atoms with E-state index in [-0.39, 0.29) is 5.54 Å². The molecule has 116 valence electrons. The third-order valence-corrected chi connectivity index (χ3v) is 4.85. The zero-order valence-electron chi connectivity index (χ0n) is 13.7. The van der Waals surface area contributed by atoms with Crippen LogP contribution in [-0.4, -0.2) is 29.1 Å². The number of rotatable bonds is 4. The Bertz CT molecular complexity index is 565. The molecule has 2 nitrogen and oxygen atoms in total. The minimum atomic E-state index is -0.152. The van der Waals surface area contributed by atoms with Crippen LogP contribution >= 0.6 is 0 Å². The summed E-state index contributed by atoms with van der Waals surface area (Å²) in [5.74, 6) is 0.313. The highest BCUT2D eigenvalue weighted by atomic mass is 15.3. The predicted octanol–water partition coefficient (Wildman–Crippen LogP) is 3.63. The third-order valence-electron chi connectivity index (χ3n) is 4.85. The van der Waals surface area contributed by atoms with E-state index >= 15 is 0 Å². The highest BCUT2D eigenvalue weighted by Gasteiger charge is 2.51. The van der Waals surface area contributed by atoms with Crippen molar-refractivity contribution in [2.75, 3.05) is 6.54 Å². The lowest BCUT2D eigenvalue weighted by Crippen LogP contribution is -2.75. The monoisotopic (exact) mass is 294 g/mol. The van der Waals surface area contributed by atoms with Crippen LogP contribution in [0.5, 0.6) is 0 Å². The molecule has 0 spiro atoms. The Morgan fingerprint density at radius 3 is 1.77 bits per heavy atom. The molecule has 3 rings (SSSR count). The number of likely N-dealkylation sites (tertiary alicyclic amines) is 1. The van der Waals surface area contributed by atoms with Crippen LogP contribution in [0.25, 0.3) is 0 Å². The van der Waals surface area contributed by atoms with Gasteiger partial charge in [-0.15, -0.1) is 0 Å². The lowest BCUT2D eigenvalue weighted by atomic mass is 9.69. The summed E-state index contributed by atoms with van der Waals surface area (Å²) in [5.41, 5.74) is 9.17. The number of benzene rings is 2. The van der Waals surface area contributed by atoms with E-state index in [1.54, 1.807) is 0 Å². The first-order chi connectivity index (χ1) is 10.5. The van der Waals surface area contributed by atoms with Crippen LogP contribution < -0.4 is 5.73 Å². The van der Waals surface area contributed by atoms with E-state index in [9.17, 15) is 0 Å². The average Bonchev–Trinajstić information content (AvgIpc) is 2.52. The van der Waals surface area contributed by atoms with Gasteiger partial charge < -0.3 is 5.73 Å². The second kappa shape index (κ2) is 5.86. The smallest absolute Gasteiger partial charge is 0.0422 e. The lowest BCUT2D eigenvalue weighted by molar-refractivity contribution is -0.0329. The van der Waals surface area contributed by atoms with Crippen molar-refractivity contribution < 1.29 is 0 Å². The fourth-order valence-corrected chi connectivity index (χ4v) is 3.81. The van der Waals surface area contributed by atoms with Crippen LogP contribution in [0.1, 0.15) is 37.8 Å². The van der Waals surface area contributed by atoms with Crippen molar-refractivity contribution in [3.05, 3.63) is 71.8 Å². The standard InChI is InChI=1S/C20H26N2/c1-15(2)22-14-20(3,21)19(22)18(16-10-6-4-7-11-16)17-12-8-5-9-13-17/h4-13,15,18-19H,14,21H2,1-3H3. The molecule has 1 heterocycles. The molecule has 0 aliphatic carbocycles. The zero-order chi connectivity index (χ0) is 15.7. The summed E-state index contributed by atoms with van der Waals surface area (Å²) in [7, 11) is 0. The first kappa shape index (κ1) is 15.3. The van der Waals surface area contributed by atoms with Gasteiger partial charge >= 0.3 is 0 Å². The Labute approximate surface area is 134 Å². The van der Waals surface area contributed by atoms with Gasteiger partial charge in [-0.2, -0.15) is 0 Å². The summed E-state index contributed by atoms with van der Waals surface area (Å²) in [4.78, 5) is 2.53. The van der Waals surface area contributed by atoms with E-state index in [0.717, 1.165) is 6.54 Å². The van der Waals surface area contributed by atoms with Gasteiger partial charge in [0.25, 0.3) is 0 Å². The topological polar surface area (TPSA) is 29.3 Å². The summed E-state index contributed by atoms with van der Waals surface area (Å²) in [6.07, 6.45) is 0. The second-order valence-electron chi connectivity index (χ2n) is 7.02. The van der Waals surface area contributed by atoms with Gasteiger partial charge in [0, 0.05) is 30.1 Å². The SMILES string of the molecule is CC(C)N1CC(C)(N)C1C(c1ccccc1)c1ccccc1. The van der Waals surface area contributed by atoms with Crippen LogP contribution in [0, 0.1) is 0 Å². The molecule has 2 unspecified atom stereocenters. The van der Waals surface area contributed by atoms with Crippen molar-refractivity contribution in [2.45, 2.75) is 44.3 Å². The molecule has 1 aliphatic heterocycles. The average molecular weight is 294 g/mol. The van der Waals surface area contributed by atoms with Crippen molar-refractivity contribution in [1.82, 2.24) is 4.90 Å². The summed E-state index contributed by atoms with van der Waals surface area (Å²) in [6, 6.07) is 22.4. The number of nitrogens with zero attached hydrogens (tertiary/aromatic N) is 1. The largest absolute Gasteiger partial charge is 0.323 e. The van der Waals surface area contributed by atoms with Gasteiger partial charge in [-0.3, -0.25) is 4.90 Å². The summed E-state index contributed by atoms with van der Waals surface area (Å²) < 4.78 is 0. The highest BCUT2D eigenvalue weighted by molar-refractivity contribution is 5.37. The Morgan fingerprint density at radius 2 is 1.41 bits per heavy atom. The maximum Gasteiger partial charge on any atom is 0.0422 e. The minimum absolute atomic E-state index is 0.152. The second-order valence-corrected chi connectivity index (χ2v) is 7.02. The number of hydrogen-bond acceptors (Lipinski definition) is 2. The minimum Gasteiger partial charge on any atom is -0.323 e. The summed E-state index contributed by atoms with van der Waals surface area (Å²) in [5, 5.41) is 0. The quantitative estimate of drug-likeness (QED) is 0.933. The van der Waals surface area contributed by atoms with Crippen molar-refractivity contribution in [1.29, 1.82) is 0 Å². The molecule has 2 atom stereocenters. The van der Waals surface area contributed by atoms with E-state index < -0.39 is 0 Å². The van der Waals surface area contributed by atoms with Crippen LogP contribution in [-0.2, 0) is 0 Å². The fourth-order valence-electron chi connectivity index (χ4n) is 3.81. The van der Waals surface area contributed by atoms with Crippen LogP contribution in [0.15, 0.2) is 60.7 Å². The molecule has 2 aromatic rings. The first-order valence-electron chi connectivity index (χ1n) is 8.15. The summed E-state index contributed by atoms with van der Waals surface area (Å²) >= 11 is 0. The summed E-state index contributed by atoms with van der Waals surface area (Å²) in [6.45, 7) is 7.67.